The van der Waals surface area contributed by atoms with Crippen molar-refractivity contribution in [2.75, 3.05) is 6.54 Å². The smallest absolute Gasteiger partial charge is 0.261 e. The summed E-state index contributed by atoms with van der Waals surface area (Å²) in [5.41, 5.74) is 6.38. The maximum atomic E-state index is 12.5. The van der Waals surface area contributed by atoms with Crippen LogP contribution in [-0.2, 0) is 6.42 Å². The van der Waals surface area contributed by atoms with Gasteiger partial charge in [-0.15, -0.1) is 0 Å². The molecule has 0 N–H and O–H groups in total. The molecule has 5 rings (SSSR count). The fourth-order valence-electron chi connectivity index (χ4n) is 4.24. The number of carbonyl (C=O) groups is 2. The summed E-state index contributed by atoms with van der Waals surface area (Å²) < 4.78 is 0. The highest BCUT2D eigenvalue weighted by Crippen LogP contribution is 2.23. The lowest BCUT2D eigenvalue weighted by Gasteiger charge is -2.13. The summed E-state index contributed by atoms with van der Waals surface area (Å²) in [6, 6.07) is 33.7. The molecule has 0 aromatic heterocycles. The predicted octanol–water partition coefficient (Wildman–Crippen LogP) is 5.98. The van der Waals surface area contributed by atoms with Gasteiger partial charge in [-0.3, -0.25) is 14.5 Å². The molecule has 3 heteroatoms. The Kier molecular flexibility index (Phi) is 6.05. The van der Waals surface area contributed by atoms with Crippen molar-refractivity contribution in [3.05, 3.63) is 131 Å². The number of benzene rings is 4. The van der Waals surface area contributed by atoms with Crippen molar-refractivity contribution in [1.29, 1.82) is 0 Å². The molecule has 0 saturated heterocycles. The van der Waals surface area contributed by atoms with Crippen molar-refractivity contribution < 1.29 is 9.59 Å². The van der Waals surface area contributed by atoms with Gasteiger partial charge in [-0.25, -0.2) is 0 Å². The first-order valence-corrected chi connectivity index (χ1v) is 11.4. The zero-order valence-corrected chi connectivity index (χ0v) is 18.7. The molecule has 0 bridgehead atoms. The topological polar surface area (TPSA) is 37.4 Å². The molecule has 0 saturated carbocycles. The number of rotatable bonds is 5. The molecule has 0 fully saturated rings. The van der Waals surface area contributed by atoms with Gasteiger partial charge in [-0.1, -0.05) is 78.6 Å². The van der Waals surface area contributed by atoms with Crippen LogP contribution >= 0.6 is 0 Å². The summed E-state index contributed by atoms with van der Waals surface area (Å²) in [5.74, 6) is 6.15. The number of hydrogen-bond acceptors (Lipinski definition) is 2. The van der Waals surface area contributed by atoms with Crippen molar-refractivity contribution in [1.82, 2.24) is 4.90 Å². The second kappa shape index (κ2) is 9.60. The molecule has 1 heterocycles. The molecule has 0 radical (unpaired) electrons. The second-order valence-corrected chi connectivity index (χ2v) is 8.31. The molecule has 2 amide bonds. The van der Waals surface area contributed by atoms with Crippen LogP contribution < -0.4 is 0 Å². The normalized spacial score (nSPS) is 12.3. The van der Waals surface area contributed by atoms with Crippen LogP contribution in [0.4, 0.5) is 0 Å². The van der Waals surface area contributed by atoms with E-state index in [2.05, 4.69) is 48.2 Å². The van der Waals surface area contributed by atoms with Crippen molar-refractivity contribution in [2.45, 2.75) is 12.8 Å². The van der Waals surface area contributed by atoms with Gasteiger partial charge in [-0.2, -0.15) is 0 Å². The van der Waals surface area contributed by atoms with Crippen LogP contribution in [0.3, 0.4) is 0 Å². The molecule has 0 unspecified atom stereocenters. The first-order chi connectivity index (χ1) is 16.7. The molecule has 3 nitrogen and oxygen atoms in total. The summed E-state index contributed by atoms with van der Waals surface area (Å²) in [7, 11) is 0. The van der Waals surface area contributed by atoms with Gasteiger partial charge in [0.15, 0.2) is 0 Å². The van der Waals surface area contributed by atoms with E-state index >= 15 is 0 Å². The van der Waals surface area contributed by atoms with Crippen molar-refractivity contribution >= 4 is 11.8 Å². The number of hydrogen-bond donors (Lipinski definition) is 0. The van der Waals surface area contributed by atoms with E-state index in [1.165, 1.54) is 10.5 Å². The van der Waals surface area contributed by atoms with E-state index < -0.39 is 0 Å². The maximum Gasteiger partial charge on any atom is 0.261 e. The van der Waals surface area contributed by atoms with Gasteiger partial charge >= 0.3 is 0 Å². The van der Waals surface area contributed by atoms with Crippen molar-refractivity contribution in [3.63, 3.8) is 0 Å². The lowest BCUT2D eigenvalue weighted by atomic mass is 10.0. The molecule has 1 aliphatic heterocycles. The highest BCUT2D eigenvalue weighted by atomic mass is 16.2. The number of imide groups is 1. The van der Waals surface area contributed by atoms with Crippen molar-refractivity contribution in [3.8, 4) is 23.0 Å². The highest BCUT2D eigenvalue weighted by Gasteiger charge is 2.34. The molecular weight excluding hydrogens is 418 g/mol. The molecular formula is C31H23NO2. The summed E-state index contributed by atoms with van der Waals surface area (Å²) in [6.07, 6.45) is 1.48. The first-order valence-electron chi connectivity index (χ1n) is 11.4. The third-order valence-corrected chi connectivity index (χ3v) is 5.97. The van der Waals surface area contributed by atoms with E-state index in [4.69, 9.17) is 0 Å². The molecule has 0 spiro atoms. The van der Waals surface area contributed by atoms with E-state index in [9.17, 15) is 9.59 Å². The van der Waals surface area contributed by atoms with Crippen LogP contribution in [0.2, 0.25) is 0 Å². The fraction of sp³-hybridized carbons (Fsp3) is 0.0968. The van der Waals surface area contributed by atoms with Gasteiger partial charge in [0.05, 0.1) is 11.1 Å². The number of amides is 2. The molecule has 0 atom stereocenters. The highest BCUT2D eigenvalue weighted by molar-refractivity contribution is 6.21. The Morgan fingerprint density at radius 2 is 1.18 bits per heavy atom. The van der Waals surface area contributed by atoms with Crippen LogP contribution in [0.1, 0.15) is 43.8 Å². The lowest BCUT2D eigenvalue weighted by molar-refractivity contribution is 0.0652. The monoisotopic (exact) mass is 441 g/mol. The van der Waals surface area contributed by atoms with Gasteiger partial charge in [0, 0.05) is 17.7 Å². The lowest BCUT2D eigenvalue weighted by Crippen LogP contribution is -2.30. The van der Waals surface area contributed by atoms with Crippen LogP contribution in [-0.4, -0.2) is 23.3 Å². The molecule has 4 aromatic carbocycles. The van der Waals surface area contributed by atoms with E-state index in [1.807, 2.05) is 42.5 Å². The molecule has 164 valence electrons. The number of fused-ring (bicyclic) bond motifs is 1. The fourth-order valence-corrected chi connectivity index (χ4v) is 4.24. The average Bonchev–Trinajstić information content (AvgIpc) is 3.13. The summed E-state index contributed by atoms with van der Waals surface area (Å²) >= 11 is 0. The second-order valence-electron chi connectivity index (χ2n) is 8.31. The van der Waals surface area contributed by atoms with Gasteiger partial charge in [0.2, 0.25) is 0 Å². The number of carbonyl (C=O) groups excluding carboxylic acids is 2. The zero-order valence-electron chi connectivity index (χ0n) is 18.7. The minimum Gasteiger partial charge on any atom is -0.274 e. The minimum absolute atomic E-state index is 0.196. The number of aryl methyl sites for hydroxylation is 1. The Hall–Kier alpha value is -4.42. The summed E-state index contributed by atoms with van der Waals surface area (Å²) in [5, 5.41) is 0. The molecule has 0 aliphatic carbocycles. The van der Waals surface area contributed by atoms with Gasteiger partial charge in [-0.05, 0) is 65.9 Å². The Bertz CT molecular complexity index is 1390. The Morgan fingerprint density at radius 3 is 1.88 bits per heavy atom. The quantitative estimate of drug-likeness (QED) is 0.282. The van der Waals surface area contributed by atoms with E-state index in [1.54, 1.807) is 24.3 Å². The number of nitrogens with zero attached hydrogens (tertiary/aromatic N) is 1. The Labute approximate surface area is 199 Å². The zero-order chi connectivity index (χ0) is 23.3. The van der Waals surface area contributed by atoms with Gasteiger partial charge in [0.1, 0.15) is 0 Å². The molecule has 34 heavy (non-hydrogen) atoms. The third-order valence-electron chi connectivity index (χ3n) is 5.97. The standard InChI is InChI=1S/C31H23NO2/c33-30-28-16-4-5-17-29(28)31(34)32(30)20-8-12-23-9-6-10-24(21-23)18-19-25-11-7-15-27(22-25)26-13-2-1-3-14-26/h1-7,9-11,13-17,21-22H,8,12,20H2. The molecule has 1 aliphatic rings. The largest absolute Gasteiger partial charge is 0.274 e. The summed E-state index contributed by atoms with van der Waals surface area (Å²) in [4.78, 5) is 26.4. The summed E-state index contributed by atoms with van der Waals surface area (Å²) in [6.45, 7) is 0.411. The van der Waals surface area contributed by atoms with E-state index in [0.29, 0.717) is 24.1 Å². The predicted molar refractivity (Wildman–Crippen MR) is 134 cm³/mol. The first kappa shape index (κ1) is 21.4. The van der Waals surface area contributed by atoms with Crippen LogP contribution in [0.25, 0.3) is 11.1 Å². The van der Waals surface area contributed by atoms with Crippen LogP contribution in [0.5, 0.6) is 0 Å². The van der Waals surface area contributed by atoms with Crippen LogP contribution in [0, 0.1) is 11.8 Å². The van der Waals surface area contributed by atoms with Gasteiger partial charge < -0.3 is 0 Å². The van der Waals surface area contributed by atoms with Crippen molar-refractivity contribution in [2.24, 2.45) is 0 Å². The van der Waals surface area contributed by atoms with Crippen LogP contribution in [0.15, 0.2) is 103 Å². The van der Waals surface area contributed by atoms with E-state index in [0.717, 1.165) is 28.7 Å². The average molecular weight is 442 g/mol. The Morgan fingerprint density at radius 1 is 0.588 bits per heavy atom. The Balaban J connectivity index is 1.23. The minimum atomic E-state index is -0.196. The molecule has 4 aromatic rings. The SMILES string of the molecule is O=C1c2ccccc2C(=O)N1CCCc1cccc(C#Cc2cccc(-c3ccccc3)c2)c1. The maximum absolute atomic E-state index is 12.5. The van der Waals surface area contributed by atoms with E-state index in [-0.39, 0.29) is 11.8 Å². The third kappa shape index (κ3) is 4.53. The van der Waals surface area contributed by atoms with Gasteiger partial charge in [0.25, 0.3) is 11.8 Å².